The third-order valence-corrected chi connectivity index (χ3v) is 3.70. The number of ether oxygens (including phenoxy) is 1. The fourth-order valence-electron chi connectivity index (χ4n) is 2.44. The quantitative estimate of drug-likeness (QED) is 0.878. The molecule has 0 aliphatic rings. The second-order valence-electron chi connectivity index (χ2n) is 4.88. The lowest BCUT2D eigenvalue weighted by molar-refractivity contribution is 0.402. The summed E-state index contributed by atoms with van der Waals surface area (Å²) in [5.74, 6) is 0.370. The molecule has 0 fully saturated rings. The van der Waals surface area contributed by atoms with Gasteiger partial charge in [0, 0.05) is 10.6 Å². The Morgan fingerprint density at radius 1 is 1.19 bits per heavy atom. The van der Waals surface area contributed by atoms with E-state index in [9.17, 15) is 4.39 Å². The normalized spacial score (nSPS) is 12.2. The van der Waals surface area contributed by atoms with Crippen LogP contribution in [0.25, 0.3) is 0 Å². The van der Waals surface area contributed by atoms with Crippen molar-refractivity contribution < 1.29 is 9.13 Å². The van der Waals surface area contributed by atoms with Crippen molar-refractivity contribution in [2.45, 2.75) is 19.9 Å². The van der Waals surface area contributed by atoms with Crippen molar-refractivity contribution >= 4 is 11.6 Å². The minimum atomic E-state index is -0.284. The molecule has 0 radical (unpaired) electrons. The third-order valence-electron chi connectivity index (χ3n) is 3.46. The summed E-state index contributed by atoms with van der Waals surface area (Å²) < 4.78 is 19.0. The largest absolute Gasteiger partial charge is 0.496 e. The van der Waals surface area contributed by atoms with Crippen LogP contribution in [0, 0.1) is 12.7 Å². The van der Waals surface area contributed by atoms with Gasteiger partial charge in [-0.15, -0.1) is 0 Å². The molecular formula is C17H19ClFNO. The third kappa shape index (κ3) is 3.55. The summed E-state index contributed by atoms with van der Waals surface area (Å²) in [5.41, 5.74) is 2.88. The Balaban J connectivity index is 2.58. The topological polar surface area (TPSA) is 21.3 Å². The SMILES string of the molecule is CCNC(c1cc(Cl)ccc1C)c1cc(F)ccc1OC. The number of hydrogen-bond donors (Lipinski definition) is 1. The molecule has 0 saturated carbocycles. The first-order valence-corrected chi connectivity index (χ1v) is 7.27. The number of halogens is 2. The summed E-state index contributed by atoms with van der Waals surface area (Å²) in [6, 6.07) is 10.1. The van der Waals surface area contributed by atoms with E-state index < -0.39 is 0 Å². The Morgan fingerprint density at radius 2 is 1.95 bits per heavy atom. The van der Waals surface area contributed by atoms with E-state index >= 15 is 0 Å². The van der Waals surface area contributed by atoms with Crippen molar-refractivity contribution in [2.24, 2.45) is 0 Å². The van der Waals surface area contributed by atoms with Crippen LogP contribution in [0.1, 0.15) is 29.7 Å². The van der Waals surface area contributed by atoms with Crippen LogP contribution in [0.3, 0.4) is 0 Å². The maximum atomic E-state index is 13.7. The second-order valence-corrected chi connectivity index (χ2v) is 5.31. The summed E-state index contributed by atoms with van der Waals surface area (Å²) in [7, 11) is 1.59. The number of methoxy groups -OCH3 is 1. The van der Waals surface area contributed by atoms with Crippen LogP contribution in [0.15, 0.2) is 36.4 Å². The van der Waals surface area contributed by atoms with Gasteiger partial charge in [0.15, 0.2) is 0 Å². The zero-order chi connectivity index (χ0) is 15.4. The highest BCUT2D eigenvalue weighted by Crippen LogP contribution is 2.33. The summed E-state index contributed by atoms with van der Waals surface area (Å²) in [5, 5.41) is 4.04. The molecular weight excluding hydrogens is 289 g/mol. The molecule has 2 aromatic rings. The highest BCUT2D eigenvalue weighted by molar-refractivity contribution is 6.30. The zero-order valence-electron chi connectivity index (χ0n) is 12.4. The van der Waals surface area contributed by atoms with Gasteiger partial charge >= 0.3 is 0 Å². The zero-order valence-corrected chi connectivity index (χ0v) is 13.2. The molecule has 2 aromatic carbocycles. The van der Waals surface area contributed by atoms with E-state index in [1.165, 1.54) is 12.1 Å². The first-order valence-electron chi connectivity index (χ1n) is 6.89. The Morgan fingerprint density at radius 3 is 2.62 bits per heavy atom. The van der Waals surface area contributed by atoms with Gasteiger partial charge in [-0.2, -0.15) is 0 Å². The molecule has 0 amide bonds. The van der Waals surface area contributed by atoms with Crippen LogP contribution in [-0.4, -0.2) is 13.7 Å². The van der Waals surface area contributed by atoms with Gasteiger partial charge in [0.1, 0.15) is 11.6 Å². The van der Waals surface area contributed by atoms with Crippen molar-refractivity contribution in [2.75, 3.05) is 13.7 Å². The molecule has 0 spiro atoms. The maximum absolute atomic E-state index is 13.7. The molecule has 1 atom stereocenters. The van der Waals surface area contributed by atoms with Crippen molar-refractivity contribution in [3.63, 3.8) is 0 Å². The van der Waals surface area contributed by atoms with Crippen molar-refractivity contribution in [1.82, 2.24) is 5.32 Å². The molecule has 0 aliphatic carbocycles. The van der Waals surface area contributed by atoms with Gasteiger partial charge in [0.25, 0.3) is 0 Å². The van der Waals surface area contributed by atoms with Crippen molar-refractivity contribution in [3.05, 3.63) is 63.9 Å². The first-order chi connectivity index (χ1) is 10.1. The molecule has 1 N–H and O–H groups in total. The van der Waals surface area contributed by atoms with Gasteiger partial charge in [0.05, 0.1) is 13.2 Å². The lowest BCUT2D eigenvalue weighted by Crippen LogP contribution is -2.23. The second kappa shape index (κ2) is 6.92. The van der Waals surface area contributed by atoms with Crippen LogP contribution in [0.5, 0.6) is 5.75 Å². The van der Waals surface area contributed by atoms with E-state index in [2.05, 4.69) is 5.32 Å². The van der Waals surface area contributed by atoms with E-state index in [1.54, 1.807) is 13.2 Å². The Labute approximate surface area is 129 Å². The van der Waals surface area contributed by atoms with Gasteiger partial charge in [-0.1, -0.05) is 24.6 Å². The van der Waals surface area contributed by atoms with E-state index in [-0.39, 0.29) is 11.9 Å². The molecule has 0 bridgehead atoms. The van der Waals surface area contributed by atoms with Gasteiger partial charge in [-0.3, -0.25) is 0 Å². The molecule has 2 nitrogen and oxygen atoms in total. The number of hydrogen-bond acceptors (Lipinski definition) is 2. The molecule has 112 valence electrons. The van der Waals surface area contributed by atoms with Crippen LogP contribution < -0.4 is 10.1 Å². The Hall–Kier alpha value is -1.58. The molecule has 0 saturated heterocycles. The number of aryl methyl sites for hydroxylation is 1. The molecule has 0 aliphatic heterocycles. The highest BCUT2D eigenvalue weighted by atomic mass is 35.5. The van der Waals surface area contributed by atoms with E-state index in [4.69, 9.17) is 16.3 Å². The van der Waals surface area contributed by atoms with E-state index in [1.807, 2.05) is 32.0 Å². The predicted molar refractivity (Wildman–Crippen MR) is 84.7 cm³/mol. The van der Waals surface area contributed by atoms with Gasteiger partial charge in [-0.25, -0.2) is 4.39 Å². The van der Waals surface area contributed by atoms with Crippen LogP contribution in [0.2, 0.25) is 5.02 Å². The van der Waals surface area contributed by atoms with Crippen LogP contribution >= 0.6 is 11.6 Å². The average molecular weight is 308 g/mol. The van der Waals surface area contributed by atoms with Gasteiger partial charge < -0.3 is 10.1 Å². The fourth-order valence-corrected chi connectivity index (χ4v) is 2.63. The van der Waals surface area contributed by atoms with E-state index in [0.29, 0.717) is 10.8 Å². The van der Waals surface area contributed by atoms with Crippen LogP contribution in [0.4, 0.5) is 4.39 Å². The first kappa shape index (κ1) is 15.8. The number of rotatable bonds is 5. The predicted octanol–water partition coefficient (Wildman–Crippen LogP) is 4.50. The summed E-state index contributed by atoms with van der Waals surface area (Å²) in [4.78, 5) is 0. The van der Waals surface area contributed by atoms with Crippen molar-refractivity contribution in [3.8, 4) is 5.75 Å². The molecule has 0 heterocycles. The monoisotopic (exact) mass is 307 g/mol. The highest BCUT2D eigenvalue weighted by Gasteiger charge is 2.20. The number of nitrogens with one attached hydrogen (secondary N) is 1. The van der Waals surface area contributed by atoms with Gasteiger partial charge in [-0.05, 0) is 54.9 Å². The fraction of sp³-hybridized carbons (Fsp3) is 0.294. The minimum Gasteiger partial charge on any atom is -0.496 e. The Bertz CT molecular complexity index is 630. The molecule has 0 aromatic heterocycles. The molecule has 2 rings (SSSR count). The average Bonchev–Trinajstić information content (AvgIpc) is 2.47. The molecule has 4 heteroatoms. The number of benzene rings is 2. The minimum absolute atomic E-state index is 0.167. The summed E-state index contributed by atoms with van der Waals surface area (Å²) >= 11 is 6.12. The smallest absolute Gasteiger partial charge is 0.124 e. The van der Waals surface area contributed by atoms with Gasteiger partial charge in [0.2, 0.25) is 0 Å². The molecule has 21 heavy (non-hydrogen) atoms. The Kier molecular flexibility index (Phi) is 5.21. The summed E-state index contributed by atoms with van der Waals surface area (Å²) in [6.07, 6.45) is 0. The van der Waals surface area contributed by atoms with E-state index in [0.717, 1.165) is 23.2 Å². The lowest BCUT2D eigenvalue weighted by Gasteiger charge is -2.23. The van der Waals surface area contributed by atoms with Crippen molar-refractivity contribution in [1.29, 1.82) is 0 Å². The maximum Gasteiger partial charge on any atom is 0.124 e. The van der Waals surface area contributed by atoms with Crippen LogP contribution in [-0.2, 0) is 0 Å². The standard InChI is InChI=1S/C17H19ClFNO/c1-4-20-17(14-9-12(18)6-5-11(14)2)15-10-13(19)7-8-16(15)21-3/h5-10,17,20H,4H2,1-3H3. The lowest BCUT2D eigenvalue weighted by atomic mass is 9.94. The summed E-state index contributed by atoms with van der Waals surface area (Å²) in [6.45, 7) is 4.77. The molecule has 1 unspecified atom stereocenters.